The number of nitrogens with two attached hydrogens (primary N) is 1. The van der Waals surface area contributed by atoms with Crippen LogP contribution in [0.3, 0.4) is 0 Å². The van der Waals surface area contributed by atoms with E-state index in [9.17, 15) is 5.26 Å². The first-order valence-electron chi connectivity index (χ1n) is 5.80. The lowest BCUT2D eigenvalue weighted by Crippen LogP contribution is -2.03. The Morgan fingerprint density at radius 3 is 2.89 bits per heavy atom. The first-order valence-corrected chi connectivity index (χ1v) is 5.80. The van der Waals surface area contributed by atoms with Crippen molar-refractivity contribution in [3.05, 3.63) is 47.8 Å². The highest BCUT2D eigenvalue weighted by Crippen LogP contribution is 2.21. The Labute approximate surface area is 109 Å². The Balaban J connectivity index is 2.33. The number of fused-ring (bicyclic) bond motifs is 1. The SMILES string of the molecule is Cc1ccc(C#N)c(-n2ncc3ccc(N)cc32)n1. The summed E-state index contributed by atoms with van der Waals surface area (Å²) in [7, 11) is 0. The van der Waals surface area contributed by atoms with Gasteiger partial charge in [-0.3, -0.25) is 0 Å². The fourth-order valence-corrected chi connectivity index (χ4v) is 2.00. The third-order valence-electron chi connectivity index (χ3n) is 2.93. The van der Waals surface area contributed by atoms with Crippen LogP contribution in [-0.2, 0) is 0 Å². The number of aryl methyl sites for hydroxylation is 1. The Bertz CT molecular complexity index is 810. The van der Waals surface area contributed by atoms with Crippen molar-refractivity contribution < 1.29 is 0 Å². The van der Waals surface area contributed by atoms with Crippen molar-refractivity contribution in [2.24, 2.45) is 0 Å². The summed E-state index contributed by atoms with van der Waals surface area (Å²) < 4.78 is 1.65. The molecule has 0 fully saturated rings. The Morgan fingerprint density at radius 2 is 2.11 bits per heavy atom. The van der Waals surface area contributed by atoms with E-state index in [4.69, 9.17) is 5.73 Å². The van der Waals surface area contributed by atoms with Gasteiger partial charge in [0.1, 0.15) is 6.07 Å². The molecule has 0 atom stereocenters. The smallest absolute Gasteiger partial charge is 0.172 e. The van der Waals surface area contributed by atoms with Crippen molar-refractivity contribution in [3.8, 4) is 11.9 Å². The number of hydrogen-bond donors (Lipinski definition) is 1. The topological polar surface area (TPSA) is 80.5 Å². The van der Waals surface area contributed by atoms with Gasteiger partial charge in [0.2, 0.25) is 0 Å². The lowest BCUT2D eigenvalue weighted by atomic mass is 10.2. The molecule has 5 heteroatoms. The van der Waals surface area contributed by atoms with Gasteiger partial charge in [-0.25, -0.2) is 9.67 Å². The third kappa shape index (κ3) is 1.79. The van der Waals surface area contributed by atoms with E-state index in [0.717, 1.165) is 16.6 Å². The van der Waals surface area contributed by atoms with Crippen molar-refractivity contribution in [2.75, 3.05) is 5.73 Å². The molecule has 0 radical (unpaired) electrons. The average molecular weight is 249 g/mol. The molecular weight excluding hydrogens is 238 g/mol. The van der Waals surface area contributed by atoms with Crippen LogP contribution in [-0.4, -0.2) is 14.8 Å². The molecule has 2 heterocycles. The second-order valence-corrected chi connectivity index (χ2v) is 4.31. The Morgan fingerprint density at radius 1 is 1.26 bits per heavy atom. The monoisotopic (exact) mass is 249 g/mol. The van der Waals surface area contributed by atoms with E-state index in [1.165, 1.54) is 0 Å². The summed E-state index contributed by atoms with van der Waals surface area (Å²) in [6, 6.07) is 11.2. The van der Waals surface area contributed by atoms with Crippen LogP contribution in [0.5, 0.6) is 0 Å². The molecule has 3 aromatic rings. The maximum atomic E-state index is 9.18. The molecule has 0 saturated carbocycles. The van der Waals surface area contributed by atoms with E-state index in [1.807, 2.05) is 31.2 Å². The zero-order valence-corrected chi connectivity index (χ0v) is 10.3. The van der Waals surface area contributed by atoms with E-state index in [1.54, 1.807) is 16.9 Å². The van der Waals surface area contributed by atoms with E-state index in [2.05, 4.69) is 16.2 Å². The van der Waals surface area contributed by atoms with E-state index >= 15 is 0 Å². The van der Waals surface area contributed by atoms with E-state index in [-0.39, 0.29) is 0 Å². The van der Waals surface area contributed by atoms with Crippen LogP contribution in [0.1, 0.15) is 11.3 Å². The predicted octanol–water partition coefficient (Wildman–Crippen LogP) is 2.18. The fourth-order valence-electron chi connectivity index (χ4n) is 2.00. The first kappa shape index (κ1) is 11.2. The molecule has 0 aliphatic carbocycles. The highest BCUT2D eigenvalue weighted by atomic mass is 15.3. The fraction of sp³-hybridized carbons (Fsp3) is 0.0714. The van der Waals surface area contributed by atoms with Crippen molar-refractivity contribution in [1.29, 1.82) is 5.26 Å². The van der Waals surface area contributed by atoms with Gasteiger partial charge in [-0.15, -0.1) is 0 Å². The first-order chi connectivity index (χ1) is 9.19. The highest BCUT2D eigenvalue weighted by molar-refractivity contribution is 5.83. The number of anilines is 1. The van der Waals surface area contributed by atoms with Crippen LogP contribution in [0, 0.1) is 18.3 Å². The lowest BCUT2D eigenvalue weighted by molar-refractivity contribution is 0.863. The van der Waals surface area contributed by atoms with Crippen molar-refractivity contribution in [2.45, 2.75) is 6.92 Å². The van der Waals surface area contributed by atoms with E-state index < -0.39 is 0 Å². The van der Waals surface area contributed by atoms with Gasteiger partial charge in [0.05, 0.1) is 17.3 Å². The maximum absolute atomic E-state index is 9.18. The van der Waals surface area contributed by atoms with Crippen LogP contribution in [0.4, 0.5) is 5.69 Å². The summed E-state index contributed by atoms with van der Waals surface area (Å²) in [5.74, 6) is 0.531. The van der Waals surface area contributed by atoms with Crippen molar-refractivity contribution in [1.82, 2.24) is 14.8 Å². The molecule has 92 valence electrons. The van der Waals surface area contributed by atoms with Crippen molar-refractivity contribution in [3.63, 3.8) is 0 Å². The second kappa shape index (κ2) is 4.10. The number of rotatable bonds is 1. The minimum absolute atomic E-state index is 0.484. The largest absolute Gasteiger partial charge is 0.399 e. The third-order valence-corrected chi connectivity index (χ3v) is 2.93. The molecule has 0 aliphatic rings. The van der Waals surface area contributed by atoms with Crippen molar-refractivity contribution >= 4 is 16.6 Å². The standard InChI is InChI=1S/C14H11N5/c1-9-2-3-10(7-15)14(18-9)19-13-6-12(16)5-4-11(13)8-17-19/h2-6,8H,16H2,1H3. The van der Waals surface area contributed by atoms with Crippen LogP contribution in [0.25, 0.3) is 16.7 Å². The molecule has 1 aromatic carbocycles. The molecule has 3 rings (SSSR count). The number of hydrogen-bond acceptors (Lipinski definition) is 4. The quantitative estimate of drug-likeness (QED) is 0.670. The predicted molar refractivity (Wildman–Crippen MR) is 72.7 cm³/mol. The van der Waals surface area contributed by atoms with Crippen LogP contribution in [0.15, 0.2) is 36.5 Å². The Hall–Kier alpha value is -2.87. The number of aromatic nitrogens is 3. The summed E-state index contributed by atoms with van der Waals surface area (Å²) >= 11 is 0. The highest BCUT2D eigenvalue weighted by Gasteiger charge is 2.11. The number of pyridine rings is 1. The molecule has 2 N–H and O–H groups in total. The van der Waals surface area contributed by atoms with Gasteiger partial charge in [-0.1, -0.05) is 0 Å². The zero-order chi connectivity index (χ0) is 13.4. The molecule has 5 nitrogen and oxygen atoms in total. The number of nitrogens with zero attached hydrogens (tertiary/aromatic N) is 4. The zero-order valence-electron chi connectivity index (χ0n) is 10.3. The van der Waals surface area contributed by atoms with Gasteiger partial charge in [0.25, 0.3) is 0 Å². The molecule has 2 aromatic heterocycles. The summed E-state index contributed by atoms with van der Waals surface area (Å²) in [6.45, 7) is 1.88. The average Bonchev–Trinajstić information content (AvgIpc) is 2.81. The number of nitrogen functional groups attached to an aromatic ring is 1. The summed E-state index contributed by atoms with van der Waals surface area (Å²) in [5.41, 5.74) is 8.62. The Kier molecular flexibility index (Phi) is 2.43. The molecule has 0 bridgehead atoms. The molecular formula is C14H11N5. The summed E-state index contributed by atoms with van der Waals surface area (Å²) in [5, 5.41) is 14.4. The maximum Gasteiger partial charge on any atom is 0.172 e. The normalized spacial score (nSPS) is 10.5. The van der Waals surface area contributed by atoms with Crippen LogP contribution < -0.4 is 5.73 Å². The molecule has 0 unspecified atom stereocenters. The minimum Gasteiger partial charge on any atom is -0.399 e. The number of nitriles is 1. The van der Waals surface area contributed by atoms with Crippen LogP contribution >= 0.6 is 0 Å². The molecule has 0 aliphatic heterocycles. The molecule has 0 spiro atoms. The molecule has 0 amide bonds. The van der Waals surface area contributed by atoms with Crippen LogP contribution in [0.2, 0.25) is 0 Å². The minimum atomic E-state index is 0.484. The summed E-state index contributed by atoms with van der Waals surface area (Å²) in [4.78, 5) is 4.40. The van der Waals surface area contributed by atoms with Gasteiger partial charge < -0.3 is 5.73 Å². The van der Waals surface area contributed by atoms with Gasteiger partial charge in [0.15, 0.2) is 5.82 Å². The summed E-state index contributed by atoms with van der Waals surface area (Å²) in [6.07, 6.45) is 1.74. The van der Waals surface area contributed by atoms with Gasteiger partial charge in [-0.2, -0.15) is 10.4 Å². The molecule has 19 heavy (non-hydrogen) atoms. The number of benzene rings is 1. The van der Waals surface area contributed by atoms with Gasteiger partial charge in [-0.05, 0) is 37.3 Å². The van der Waals surface area contributed by atoms with E-state index in [0.29, 0.717) is 17.1 Å². The van der Waals surface area contributed by atoms with Gasteiger partial charge in [0, 0.05) is 16.8 Å². The second-order valence-electron chi connectivity index (χ2n) is 4.31. The molecule has 0 saturated heterocycles. The lowest BCUT2D eigenvalue weighted by Gasteiger charge is -2.06. The van der Waals surface area contributed by atoms with Gasteiger partial charge >= 0.3 is 0 Å².